The van der Waals surface area contributed by atoms with Gasteiger partial charge in [-0.15, -0.1) is 0 Å². The van der Waals surface area contributed by atoms with Gasteiger partial charge in [-0.25, -0.2) is 0 Å². The second-order valence-electron chi connectivity index (χ2n) is 17.3. The van der Waals surface area contributed by atoms with Gasteiger partial charge in [0.2, 0.25) is 5.91 Å². The van der Waals surface area contributed by atoms with E-state index in [1.54, 1.807) is 18.2 Å². The molecule has 0 bridgehead atoms. The molecule has 1 N–H and O–H groups in total. The van der Waals surface area contributed by atoms with Gasteiger partial charge in [0, 0.05) is 29.4 Å². The molecule has 7 heteroatoms. The Morgan fingerprint density at radius 2 is 1.58 bits per heavy atom. The zero-order valence-corrected chi connectivity index (χ0v) is 29.9. The number of carbonyl (C=O) groups is 3. The highest BCUT2D eigenvalue weighted by atomic mass is 35.5. The van der Waals surface area contributed by atoms with E-state index < -0.39 is 5.41 Å². The minimum atomic E-state index is -0.570. The SMILES string of the molecule is CC(=O)O[C@@H]1CC[C@]2(C)[C@H](CC[C@]3(C)[C@@H]2C(=O)C=C2[C@@H]4C[C@](C)(C(=O)Nc5ccc(Cl)c(Cl)c5)CC[C@]4(C)CC[C@]23C)C1(C)C. The van der Waals surface area contributed by atoms with E-state index in [1.807, 2.05) is 0 Å². The van der Waals surface area contributed by atoms with Gasteiger partial charge in [-0.1, -0.05) is 77.2 Å². The average Bonchev–Trinajstić information content (AvgIpc) is 2.94. The summed E-state index contributed by atoms with van der Waals surface area (Å²) in [6, 6.07) is 5.21. The molecule has 4 saturated carbocycles. The van der Waals surface area contributed by atoms with E-state index in [-0.39, 0.29) is 62.7 Å². The molecule has 1 aromatic rings. The summed E-state index contributed by atoms with van der Waals surface area (Å²) in [7, 11) is 0. The second-order valence-corrected chi connectivity index (χ2v) is 18.1. The number of amides is 1. The quantitative estimate of drug-likeness (QED) is 0.329. The minimum absolute atomic E-state index is 0.00169. The van der Waals surface area contributed by atoms with Crippen LogP contribution in [0, 0.1) is 50.2 Å². The molecule has 0 heterocycles. The van der Waals surface area contributed by atoms with E-state index in [0.717, 1.165) is 57.8 Å². The van der Waals surface area contributed by atoms with Crippen LogP contribution in [0.25, 0.3) is 0 Å². The van der Waals surface area contributed by atoms with Gasteiger partial charge in [-0.3, -0.25) is 14.4 Å². The third-order valence-corrected chi connectivity index (χ3v) is 15.3. The lowest BCUT2D eigenvalue weighted by molar-refractivity contribution is -0.210. The Kier molecular flexibility index (Phi) is 7.77. The van der Waals surface area contributed by atoms with Crippen LogP contribution in [0.1, 0.15) is 113 Å². The first-order valence-corrected chi connectivity index (χ1v) is 17.8. The minimum Gasteiger partial charge on any atom is -0.462 e. The van der Waals surface area contributed by atoms with E-state index in [2.05, 4.69) is 59.9 Å². The molecular formula is C38H51Cl2NO4. The molecule has 0 spiro atoms. The normalized spacial score (nSPS) is 43.5. The lowest BCUT2D eigenvalue weighted by Crippen LogP contribution is -2.66. The number of anilines is 1. The molecule has 0 saturated heterocycles. The highest BCUT2D eigenvalue weighted by Crippen LogP contribution is 2.75. The summed E-state index contributed by atoms with van der Waals surface area (Å²) in [5.41, 5.74) is 0.752. The largest absolute Gasteiger partial charge is 0.462 e. The number of ketones is 1. The fourth-order valence-corrected chi connectivity index (χ4v) is 11.9. The van der Waals surface area contributed by atoms with Gasteiger partial charge < -0.3 is 10.1 Å². The van der Waals surface area contributed by atoms with Crippen molar-refractivity contribution in [1.82, 2.24) is 0 Å². The number of hydrogen-bond acceptors (Lipinski definition) is 4. The van der Waals surface area contributed by atoms with Crippen LogP contribution in [-0.2, 0) is 19.1 Å². The zero-order chi connectivity index (χ0) is 33.0. The first-order valence-electron chi connectivity index (χ1n) is 17.0. The van der Waals surface area contributed by atoms with Crippen LogP contribution < -0.4 is 5.32 Å². The van der Waals surface area contributed by atoms with E-state index in [4.69, 9.17) is 27.9 Å². The number of halogens is 2. The van der Waals surface area contributed by atoms with Crippen LogP contribution in [0.5, 0.6) is 0 Å². The predicted octanol–water partition coefficient (Wildman–Crippen LogP) is 9.84. The molecule has 45 heavy (non-hydrogen) atoms. The summed E-state index contributed by atoms with van der Waals surface area (Å²) in [6.07, 6.45) is 10.3. The Bertz CT molecular complexity index is 1490. The molecule has 5 nitrogen and oxygen atoms in total. The summed E-state index contributed by atoms with van der Waals surface area (Å²) in [6.45, 7) is 17.7. The van der Waals surface area contributed by atoms with E-state index >= 15 is 0 Å². The fraction of sp³-hybridized carbons (Fsp3) is 0.711. The summed E-state index contributed by atoms with van der Waals surface area (Å²) in [4.78, 5) is 40.6. The maximum Gasteiger partial charge on any atom is 0.302 e. The number of rotatable bonds is 3. The maximum absolute atomic E-state index is 14.7. The van der Waals surface area contributed by atoms with Crippen molar-refractivity contribution in [2.75, 3.05) is 5.32 Å². The van der Waals surface area contributed by atoms with Crippen LogP contribution in [0.3, 0.4) is 0 Å². The lowest BCUT2D eigenvalue weighted by atomic mass is 9.33. The molecule has 246 valence electrons. The van der Waals surface area contributed by atoms with Gasteiger partial charge >= 0.3 is 5.97 Å². The van der Waals surface area contributed by atoms with Gasteiger partial charge in [-0.05, 0) is 116 Å². The molecule has 1 amide bonds. The van der Waals surface area contributed by atoms with Gasteiger partial charge in [0.15, 0.2) is 5.78 Å². The average molecular weight is 657 g/mol. The van der Waals surface area contributed by atoms with Gasteiger partial charge in [0.1, 0.15) is 6.10 Å². The van der Waals surface area contributed by atoms with Crippen LogP contribution >= 0.6 is 23.2 Å². The van der Waals surface area contributed by atoms with Gasteiger partial charge in [0.25, 0.3) is 0 Å². The molecule has 4 fully saturated rings. The maximum atomic E-state index is 14.7. The van der Waals surface area contributed by atoms with Crippen molar-refractivity contribution in [3.8, 4) is 0 Å². The third kappa shape index (κ3) is 4.79. The Hall–Kier alpha value is -1.85. The van der Waals surface area contributed by atoms with Gasteiger partial charge in [-0.2, -0.15) is 0 Å². The van der Waals surface area contributed by atoms with Crippen LogP contribution in [-0.4, -0.2) is 23.8 Å². The highest BCUT2D eigenvalue weighted by Gasteiger charge is 2.70. The topological polar surface area (TPSA) is 72.5 Å². The Balaban J connectivity index is 1.34. The molecule has 0 unspecified atom stereocenters. The van der Waals surface area contributed by atoms with Crippen LogP contribution in [0.4, 0.5) is 5.69 Å². The molecule has 5 aliphatic carbocycles. The van der Waals surface area contributed by atoms with Crippen molar-refractivity contribution >= 4 is 46.5 Å². The van der Waals surface area contributed by atoms with E-state index in [1.165, 1.54) is 12.5 Å². The number of carbonyl (C=O) groups excluding carboxylic acids is 3. The second kappa shape index (κ2) is 10.6. The molecule has 0 aromatic heterocycles. The molecule has 1 aromatic carbocycles. The van der Waals surface area contributed by atoms with Crippen molar-refractivity contribution in [3.05, 3.63) is 39.9 Å². The lowest BCUT2D eigenvalue weighted by Gasteiger charge is -2.70. The summed E-state index contributed by atoms with van der Waals surface area (Å²) in [5, 5.41) is 4.01. The van der Waals surface area contributed by atoms with Crippen LogP contribution in [0.2, 0.25) is 10.0 Å². The molecule has 6 rings (SSSR count). The van der Waals surface area contributed by atoms with Crippen molar-refractivity contribution in [2.45, 2.75) is 119 Å². The smallest absolute Gasteiger partial charge is 0.302 e. The number of benzene rings is 1. The van der Waals surface area contributed by atoms with Crippen molar-refractivity contribution in [1.29, 1.82) is 0 Å². The number of allylic oxidation sites excluding steroid dienone is 2. The summed E-state index contributed by atoms with van der Waals surface area (Å²) >= 11 is 12.4. The monoisotopic (exact) mass is 655 g/mol. The standard InChI is InChI=1S/C38H51Cl2NO4/c1-22(42)45-30-12-13-36(6)29(33(30,2)3)11-14-38(8)31(36)28(43)20-24-25-21-35(5,16-15-34(25,4)17-18-37(24,38)7)32(44)41-23-9-10-26(39)27(40)19-23/h9-10,19-20,25,29-31H,11-18,21H2,1-8H3,(H,41,44)/t25-,29+,30+,31+,34+,35+,36+,37+,38+/m0/s1. The number of ether oxygens (including phenoxy) is 1. The Labute approximate surface area is 279 Å². The molecule has 5 aliphatic rings. The summed E-state index contributed by atoms with van der Waals surface area (Å²) < 4.78 is 5.87. The first kappa shape index (κ1) is 33.1. The third-order valence-electron chi connectivity index (χ3n) is 14.5. The number of hydrogen-bond donors (Lipinski definition) is 1. The summed E-state index contributed by atoms with van der Waals surface area (Å²) in [5.74, 6) is 0.435. The number of fused-ring (bicyclic) bond motifs is 7. The van der Waals surface area contributed by atoms with Crippen molar-refractivity contribution in [3.63, 3.8) is 0 Å². The number of esters is 1. The predicted molar refractivity (Wildman–Crippen MR) is 180 cm³/mol. The molecule has 0 aliphatic heterocycles. The number of nitrogens with one attached hydrogen (secondary N) is 1. The van der Waals surface area contributed by atoms with Crippen LogP contribution in [0.15, 0.2) is 29.8 Å². The Morgan fingerprint density at radius 3 is 2.24 bits per heavy atom. The zero-order valence-electron chi connectivity index (χ0n) is 28.4. The highest BCUT2D eigenvalue weighted by molar-refractivity contribution is 6.42. The molecule has 9 atom stereocenters. The van der Waals surface area contributed by atoms with E-state index in [0.29, 0.717) is 21.7 Å². The van der Waals surface area contributed by atoms with Gasteiger partial charge in [0.05, 0.1) is 10.0 Å². The van der Waals surface area contributed by atoms with E-state index in [9.17, 15) is 14.4 Å². The van der Waals surface area contributed by atoms with Crippen molar-refractivity contribution in [2.24, 2.45) is 50.2 Å². The van der Waals surface area contributed by atoms with Crippen molar-refractivity contribution < 1.29 is 19.1 Å². The molecule has 0 radical (unpaired) electrons. The first-order chi connectivity index (χ1) is 20.8. The fourth-order valence-electron chi connectivity index (χ4n) is 11.6. The molecular weight excluding hydrogens is 605 g/mol. The Morgan fingerprint density at radius 1 is 0.889 bits per heavy atom.